The number of hydrogen-bond donors (Lipinski definition) is 2. The lowest BCUT2D eigenvalue weighted by molar-refractivity contribution is 0.118. The number of hydrogen-bond acceptors (Lipinski definition) is 3. The highest BCUT2D eigenvalue weighted by atomic mass is 32.2. The molecule has 0 fully saturated rings. The second-order valence-electron chi connectivity index (χ2n) is 4.28. The lowest BCUT2D eigenvalue weighted by atomic mass is 9.84. The molecule has 0 spiro atoms. The average Bonchev–Trinajstić information content (AvgIpc) is 2.33. The molecule has 0 radical (unpaired) electrons. The van der Waals surface area contributed by atoms with Gasteiger partial charge in [0.25, 0.3) is 10.2 Å². The molecular formula is C11H26N2O3S. The van der Waals surface area contributed by atoms with Crippen LogP contribution in [0.15, 0.2) is 0 Å². The van der Waals surface area contributed by atoms with Crippen LogP contribution in [0.3, 0.4) is 0 Å². The van der Waals surface area contributed by atoms with Crippen LogP contribution in [0, 0.1) is 5.41 Å². The Balaban J connectivity index is 4.64. The Kier molecular flexibility index (Phi) is 7.23. The van der Waals surface area contributed by atoms with E-state index in [1.165, 1.54) is 4.31 Å². The molecule has 0 amide bonds. The third-order valence-corrected chi connectivity index (χ3v) is 5.22. The van der Waals surface area contributed by atoms with Crippen molar-refractivity contribution in [2.75, 3.05) is 26.2 Å². The van der Waals surface area contributed by atoms with Gasteiger partial charge in [-0.2, -0.15) is 12.7 Å². The molecule has 0 saturated heterocycles. The smallest absolute Gasteiger partial charge is 0.279 e. The molecule has 0 heterocycles. The van der Waals surface area contributed by atoms with Crippen LogP contribution >= 0.6 is 0 Å². The number of aliphatic hydroxyl groups is 1. The monoisotopic (exact) mass is 266 g/mol. The largest absolute Gasteiger partial charge is 0.396 e. The van der Waals surface area contributed by atoms with Crippen LogP contribution in [-0.4, -0.2) is 44.1 Å². The van der Waals surface area contributed by atoms with E-state index in [1.807, 2.05) is 27.7 Å². The molecule has 0 atom stereocenters. The van der Waals surface area contributed by atoms with Crippen LogP contribution in [0.4, 0.5) is 0 Å². The van der Waals surface area contributed by atoms with E-state index < -0.39 is 10.2 Å². The molecule has 6 heteroatoms. The van der Waals surface area contributed by atoms with E-state index in [4.69, 9.17) is 0 Å². The first-order chi connectivity index (χ1) is 7.91. The highest BCUT2D eigenvalue weighted by Gasteiger charge is 2.28. The highest BCUT2D eigenvalue weighted by Crippen LogP contribution is 2.24. The summed E-state index contributed by atoms with van der Waals surface area (Å²) >= 11 is 0. The van der Waals surface area contributed by atoms with Gasteiger partial charge in [-0.05, 0) is 12.8 Å². The maximum atomic E-state index is 11.9. The van der Waals surface area contributed by atoms with Crippen molar-refractivity contribution in [1.82, 2.24) is 9.03 Å². The Labute approximate surface area is 105 Å². The number of aliphatic hydroxyl groups excluding tert-OH is 1. The van der Waals surface area contributed by atoms with Gasteiger partial charge in [0.05, 0.1) is 0 Å². The van der Waals surface area contributed by atoms with E-state index in [0.29, 0.717) is 13.1 Å². The summed E-state index contributed by atoms with van der Waals surface area (Å²) in [6.07, 6.45) is 1.50. The lowest BCUT2D eigenvalue weighted by Gasteiger charge is -2.30. The Morgan fingerprint density at radius 1 is 1.12 bits per heavy atom. The molecule has 104 valence electrons. The van der Waals surface area contributed by atoms with E-state index in [9.17, 15) is 13.5 Å². The van der Waals surface area contributed by atoms with Crippen molar-refractivity contribution in [2.45, 2.75) is 40.5 Å². The zero-order valence-corrected chi connectivity index (χ0v) is 12.2. The van der Waals surface area contributed by atoms with Gasteiger partial charge in [0.15, 0.2) is 0 Å². The second kappa shape index (κ2) is 7.31. The topological polar surface area (TPSA) is 69.6 Å². The third kappa shape index (κ3) is 4.54. The van der Waals surface area contributed by atoms with Crippen LogP contribution in [0.1, 0.15) is 40.5 Å². The summed E-state index contributed by atoms with van der Waals surface area (Å²) in [5, 5.41) is 9.38. The molecule has 0 aromatic carbocycles. The van der Waals surface area contributed by atoms with Crippen LogP contribution < -0.4 is 4.72 Å². The van der Waals surface area contributed by atoms with E-state index >= 15 is 0 Å². The van der Waals surface area contributed by atoms with Crippen LogP contribution in [0.5, 0.6) is 0 Å². The van der Waals surface area contributed by atoms with Crippen molar-refractivity contribution in [3.8, 4) is 0 Å². The molecule has 2 N–H and O–H groups in total. The number of nitrogens with one attached hydrogen (secondary N) is 1. The molecule has 0 aromatic heterocycles. The van der Waals surface area contributed by atoms with Crippen LogP contribution in [0.25, 0.3) is 0 Å². The molecule has 0 aliphatic carbocycles. The van der Waals surface area contributed by atoms with Gasteiger partial charge in [-0.15, -0.1) is 0 Å². The third-order valence-electron chi connectivity index (χ3n) is 3.51. The van der Waals surface area contributed by atoms with E-state index in [-0.39, 0.29) is 18.6 Å². The Bertz CT molecular complexity index is 288. The van der Waals surface area contributed by atoms with Gasteiger partial charge in [0.1, 0.15) is 0 Å². The predicted octanol–water partition coefficient (Wildman–Crippen LogP) is 0.961. The SMILES string of the molecule is CCN(CC)S(=O)(=O)NCC(CC)(CC)CO. The fraction of sp³-hybridized carbons (Fsp3) is 1.00. The molecule has 0 saturated carbocycles. The Morgan fingerprint density at radius 3 is 1.88 bits per heavy atom. The van der Waals surface area contributed by atoms with Crippen LogP contribution in [-0.2, 0) is 10.2 Å². The van der Waals surface area contributed by atoms with Gasteiger partial charge < -0.3 is 5.11 Å². The molecule has 0 bridgehead atoms. The first-order valence-corrected chi connectivity index (χ1v) is 7.70. The molecule has 0 aliphatic rings. The van der Waals surface area contributed by atoms with Crippen LogP contribution in [0.2, 0.25) is 0 Å². The minimum atomic E-state index is -3.41. The molecular weight excluding hydrogens is 240 g/mol. The van der Waals surface area contributed by atoms with Crippen molar-refractivity contribution in [2.24, 2.45) is 5.41 Å². The summed E-state index contributed by atoms with van der Waals surface area (Å²) in [6, 6.07) is 0. The molecule has 0 unspecified atom stereocenters. The van der Waals surface area contributed by atoms with Gasteiger partial charge >= 0.3 is 0 Å². The standard InChI is InChI=1S/C11H26N2O3S/c1-5-11(6-2,10-14)9-12-17(15,16)13(7-3)8-4/h12,14H,5-10H2,1-4H3. The van der Waals surface area contributed by atoms with Crippen molar-refractivity contribution >= 4 is 10.2 Å². The van der Waals surface area contributed by atoms with E-state index in [2.05, 4.69) is 4.72 Å². The summed E-state index contributed by atoms with van der Waals surface area (Å²) in [4.78, 5) is 0. The minimum absolute atomic E-state index is 0.000764. The van der Waals surface area contributed by atoms with Crippen molar-refractivity contribution in [3.63, 3.8) is 0 Å². The maximum Gasteiger partial charge on any atom is 0.279 e. The van der Waals surface area contributed by atoms with E-state index in [0.717, 1.165) is 12.8 Å². The predicted molar refractivity (Wildman–Crippen MR) is 69.9 cm³/mol. The van der Waals surface area contributed by atoms with E-state index in [1.54, 1.807) is 0 Å². The highest BCUT2D eigenvalue weighted by molar-refractivity contribution is 7.87. The van der Waals surface area contributed by atoms with Crippen molar-refractivity contribution < 1.29 is 13.5 Å². The second-order valence-corrected chi connectivity index (χ2v) is 6.03. The van der Waals surface area contributed by atoms with Crippen molar-refractivity contribution in [1.29, 1.82) is 0 Å². The van der Waals surface area contributed by atoms with Gasteiger partial charge in [-0.25, -0.2) is 4.72 Å². The molecule has 17 heavy (non-hydrogen) atoms. The van der Waals surface area contributed by atoms with Gasteiger partial charge in [0, 0.05) is 31.7 Å². The first-order valence-electron chi connectivity index (χ1n) is 6.26. The molecule has 0 aliphatic heterocycles. The fourth-order valence-corrected chi connectivity index (χ4v) is 3.03. The first kappa shape index (κ1) is 16.8. The van der Waals surface area contributed by atoms with Gasteiger partial charge in [0.2, 0.25) is 0 Å². The number of rotatable bonds is 9. The average molecular weight is 266 g/mol. The summed E-state index contributed by atoms with van der Waals surface area (Å²) in [5.41, 5.74) is -0.347. The zero-order valence-electron chi connectivity index (χ0n) is 11.4. The number of nitrogens with zero attached hydrogens (tertiary/aromatic N) is 1. The minimum Gasteiger partial charge on any atom is -0.396 e. The molecule has 0 rings (SSSR count). The maximum absolute atomic E-state index is 11.9. The summed E-state index contributed by atoms with van der Waals surface area (Å²) in [5.74, 6) is 0. The quantitative estimate of drug-likeness (QED) is 0.653. The fourth-order valence-electron chi connectivity index (χ4n) is 1.68. The van der Waals surface area contributed by atoms with Gasteiger partial charge in [-0.1, -0.05) is 27.7 Å². The normalized spacial score (nSPS) is 13.3. The Morgan fingerprint density at radius 2 is 1.59 bits per heavy atom. The molecule has 5 nitrogen and oxygen atoms in total. The van der Waals surface area contributed by atoms with Gasteiger partial charge in [-0.3, -0.25) is 0 Å². The Hall–Kier alpha value is -0.170. The van der Waals surface area contributed by atoms with Crippen molar-refractivity contribution in [3.05, 3.63) is 0 Å². The zero-order chi connectivity index (χ0) is 13.5. The summed E-state index contributed by atoms with van der Waals surface area (Å²) in [7, 11) is -3.41. The lowest BCUT2D eigenvalue weighted by Crippen LogP contribution is -2.46. The molecule has 0 aromatic rings. The summed E-state index contributed by atoms with van der Waals surface area (Å²) < 4.78 is 27.8. The summed E-state index contributed by atoms with van der Waals surface area (Å²) in [6.45, 7) is 8.74.